The molecular weight excluding hydrogens is 332 g/mol. The molecule has 0 amide bonds. The third-order valence-electron chi connectivity index (χ3n) is 9.31. The lowest BCUT2D eigenvalue weighted by molar-refractivity contribution is -0.106. The van der Waals surface area contributed by atoms with Crippen molar-refractivity contribution in [1.29, 1.82) is 0 Å². The molecule has 0 aliphatic heterocycles. The highest BCUT2D eigenvalue weighted by Crippen LogP contribution is 2.68. The van der Waals surface area contributed by atoms with Crippen molar-refractivity contribution < 1.29 is 0 Å². The van der Waals surface area contributed by atoms with Gasteiger partial charge in [0.05, 0.1) is 0 Å². The summed E-state index contributed by atoms with van der Waals surface area (Å²) < 4.78 is 0. The molecule has 22 heavy (non-hydrogen) atoms. The Bertz CT molecular complexity index is 432. The minimum Gasteiger partial charge on any atom is -0.0884 e. The summed E-state index contributed by atoms with van der Waals surface area (Å²) in [6.45, 7) is 7.79. The first-order valence-electron chi connectivity index (χ1n) is 10.2. The van der Waals surface area contributed by atoms with Gasteiger partial charge < -0.3 is 0 Å². The second-order valence-electron chi connectivity index (χ2n) is 9.65. The van der Waals surface area contributed by atoms with Gasteiger partial charge in [-0.3, -0.25) is 0 Å². The van der Waals surface area contributed by atoms with Crippen LogP contribution in [0.2, 0.25) is 0 Å². The van der Waals surface area contributed by atoms with E-state index in [0.717, 1.165) is 34.4 Å². The van der Waals surface area contributed by atoms with Gasteiger partial charge in [-0.15, -0.1) is 0 Å². The number of fused-ring (bicyclic) bond motifs is 5. The summed E-state index contributed by atoms with van der Waals surface area (Å²) in [5.41, 5.74) is 1.27. The van der Waals surface area contributed by atoms with E-state index in [-0.39, 0.29) is 0 Å². The lowest BCUT2D eigenvalue weighted by Gasteiger charge is -2.62. The Hall–Kier alpha value is 0.480. The highest BCUT2D eigenvalue weighted by molar-refractivity contribution is 9.09. The number of rotatable bonds is 1. The van der Waals surface area contributed by atoms with Crippen LogP contribution in [-0.2, 0) is 0 Å². The van der Waals surface area contributed by atoms with E-state index in [2.05, 4.69) is 36.7 Å². The van der Waals surface area contributed by atoms with E-state index in [0.29, 0.717) is 10.8 Å². The van der Waals surface area contributed by atoms with Gasteiger partial charge in [-0.1, -0.05) is 56.0 Å². The predicted molar refractivity (Wildman–Crippen MR) is 98.2 cm³/mol. The monoisotopic (exact) mass is 366 g/mol. The van der Waals surface area contributed by atoms with Gasteiger partial charge in [0, 0.05) is 4.83 Å². The van der Waals surface area contributed by atoms with Crippen LogP contribution in [0.15, 0.2) is 0 Å². The zero-order valence-electron chi connectivity index (χ0n) is 14.9. The number of alkyl halides is 1. The Morgan fingerprint density at radius 2 is 1.77 bits per heavy atom. The third kappa shape index (κ3) is 1.99. The van der Waals surface area contributed by atoms with Crippen LogP contribution < -0.4 is 0 Å². The number of hydrogen-bond donors (Lipinski definition) is 0. The van der Waals surface area contributed by atoms with Gasteiger partial charge in [0.25, 0.3) is 0 Å². The normalized spacial score (nSPS) is 57.8. The molecule has 4 aliphatic rings. The van der Waals surface area contributed by atoms with Crippen LogP contribution in [-0.4, -0.2) is 4.83 Å². The molecule has 4 rings (SSSR count). The van der Waals surface area contributed by atoms with Crippen molar-refractivity contribution in [2.75, 3.05) is 0 Å². The third-order valence-corrected chi connectivity index (χ3v) is 10.7. The molecule has 0 spiro atoms. The average molecular weight is 367 g/mol. The van der Waals surface area contributed by atoms with Crippen LogP contribution in [0, 0.1) is 40.4 Å². The molecule has 0 aromatic carbocycles. The van der Waals surface area contributed by atoms with E-state index in [1.165, 1.54) is 51.4 Å². The molecule has 0 aromatic heterocycles. The first-order valence-corrected chi connectivity index (χ1v) is 11.1. The number of hydrogen-bond acceptors (Lipinski definition) is 0. The highest BCUT2D eigenvalue weighted by Gasteiger charge is 2.62. The van der Waals surface area contributed by atoms with Crippen molar-refractivity contribution in [2.45, 2.75) is 89.8 Å². The second kappa shape index (κ2) is 5.50. The standard InChI is InChI=1S/C21H35Br/c1-4-14-9-11-17-16-10-8-15-7-5-6-12-20(15,2)18(16)13-19(22)21(14,17)3/h14-19H,4-13H2,1-3H3/t14-,15?,16-,17-,18-,19?,20-,21+/m0/s1. The van der Waals surface area contributed by atoms with Crippen LogP contribution in [0.5, 0.6) is 0 Å². The molecule has 0 saturated heterocycles. The van der Waals surface area contributed by atoms with Crippen LogP contribution in [0.3, 0.4) is 0 Å². The van der Waals surface area contributed by atoms with E-state index < -0.39 is 0 Å². The molecular formula is C21H35Br. The maximum atomic E-state index is 4.24. The minimum atomic E-state index is 0.591. The smallest absolute Gasteiger partial charge is 0.0207 e. The van der Waals surface area contributed by atoms with Crippen LogP contribution in [0.4, 0.5) is 0 Å². The zero-order valence-corrected chi connectivity index (χ0v) is 16.5. The Balaban J connectivity index is 1.67. The van der Waals surface area contributed by atoms with Gasteiger partial charge in [0.15, 0.2) is 0 Å². The van der Waals surface area contributed by atoms with Crippen molar-refractivity contribution in [2.24, 2.45) is 40.4 Å². The molecule has 4 saturated carbocycles. The van der Waals surface area contributed by atoms with Gasteiger partial charge in [-0.2, -0.15) is 0 Å². The summed E-state index contributed by atoms with van der Waals surface area (Å²) in [4.78, 5) is 0.774. The summed E-state index contributed by atoms with van der Waals surface area (Å²) in [5, 5.41) is 0. The van der Waals surface area contributed by atoms with E-state index in [1.54, 1.807) is 12.8 Å². The highest BCUT2D eigenvalue weighted by atomic mass is 79.9. The molecule has 0 aromatic rings. The Morgan fingerprint density at radius 1 is 0.955 bits per heavy atom. The second-order valence-corrected chi connectivity index (χ2v) is 10.8. The van der Waals surface area contributed by atoms with Crippen molar-refractivity contribution in [1.82, 2.24) is 0 Å². The van der Waals surface area contributed by atoms with Gasteiger partial charge in [0.2, 0.25) is 0 Å². The topological polar surface area (TPSA) is 0 Å². The van der Waals surface area contributed by atoms with Gasteiger partial charge in [-0.25, -0.2) is 0 Å². The molecule has 0 bridgehead atoms. The molecule has 1 heteroatoms. The largest absolute Gasteiger partial charge is 0.0884 e. The molecule has 0 nitrogen and oxygen atoms in total. The molecule has 8 atom stereocenters. The lowest BCUT2D eigenvalue weighted by atomic mass is 9.45. The summed E-state index contributed by atoms with van der Waals surface area (Å²) in [5.74, 6) is 5.11. The summed E-state index contributed by atoms with van der Waals surface area (Å²) in [6, 6.07) is 0. The summed E-state index contributed by atoms with van der Waals surface area (Å²) >= 11 is 4.24. The summed E-state index contributed by atoms with van der Waals surface area (Å²) in [6.07, 6.45) is 15.1. The minimum absolute atomic E-state index is 0.591. The first-order chi connectivity index (χ1) is 10.5. The average Bonchev–Trinajstić information content (AvgIpc) is 2.86. The van der Waals surface area contributed by atoms with Crippen molar-refractivity contribution in [3.63, 3.8) is 0 Å². The summed E-state index contributed by atoms with van der Waals surface area (Å²) in [7, 11) is 0. The SMILES string of the molecule is CC[C@H]1CC[C@H]2[C@@H]3CCC4CCCC[C@]4(C)[C@H]3CC(Br)[C@]12C. The van der Waals surface area contributed by atoms with Crippen molar-refractivity contribution >= 4 is 15.9 Å². The quantitative estimate of drug-likeness (QED) is 0.446. The van der Waals surface area contributed by atoms with Crippen LogP contribution in [0.1, 0.15) is 85.0 Å². The Morgan fingerprint density at radius 3 is 2.55 bits per heavy atom. The fourth-order valence-corrected chi connectivity index (χ4v) is 9.11. The Kier molecular flexibility index (Phi) is 3.99. The molecule has 2 unspecified atom stereocenters. The van der Waals surface area contributed by atoms with E-state index in [4.69, 9.17) is 0 Å². The first kappa shape index (κ1) is 16.0. The zero-order chi connectivity index (χ0) is 15.5. The van der Waals surface area contributed by atoms with Crippen molar-refractivity contribution in [3.05, 3.63) is 0 Å². The molecule has 0 radical (unpaired) electrons. The van der Waals surface area contributed by atoms with Gasteiger partial charge >= 0.3 is 0 Å². The van der Waals surface area contributed by atoms with Crippen molar-refractivity contribution in [3.8, 4) is 0 Å². The fourth-order valence-electron chi connectivity index (χ4n) is 7.99. The van der Waals surface area contributed by atoms with E-state index >= 15 is 0 Å². The van der Waals surface area contributed by atoms with Gasteiger partial charge in [0.1, 0.15) is 0 Å². The molecule has 0 N–H and O–H groups in total. The lowest BCUT2D eigenvalue weighted by Crippen LogP contribution is -2.56. The molecule has 4 aliphatic carbocycles. The maximum absolute atomic E-state index is 4.24. The Labute approximate surface area is 146 Å². The number of halogens is 1. The maximum Gasteiger partial charge on any atom is 0.0207 e. The van der Waals surface area contributed by atoms with Crippen LogP contribution >= 0.6 is 15.9 Å². The van der Waals surface area contributed by atoms with E-state index in [9.17, 15) is 0 Å². The molecule has 126 valence electrons. The predicted octanol–water partition coefficient (Wildman–Crippen LogP) is 6.82. The molecule has 4 fully saturated rings. The fraction of sp³-hybridized carbons (Fsp3) is 1.00. The molecule has 0 heterocycles. The van der Waals surface area contributed by atoms with Crippen LogP contribution in [0.25, 0.3) is 0 Å². The van der Waals surface area contributed by atoms with E-state index in [1.807, 2.05) is 0 Å². The van der Waals surface area contributed by atoms with Gasteiger partial charge in [-0.05, 0) is 85.4 Å².